The molecule has 0 fully saturated rings. The Morgan fingerprint density at radius 1 is 0.865 bits per heavy atom. The fourth-order valence-corrected chi connectivity index (χ4v) is 4.61. The van der Waals surface area contributed by atoms with Crippen LogP contribution in [-0.2, 0) is 22.6 Å². The molecule has 7 nitrogen and oxygen atoms in total. The van der Waals surface area contributed by atoms with Crippen LogP contribution in [0.25, 0.3) is 0 Å². The first-order valence-corrected chi connectivity index (χ1v) is 12.5. The summed E-state index contributed by atoms with van der Waals surface area (Å²) >= 11 is 6.04. The highest BCUT2D eigenvalue weighted by molar-refractivity contribution is 6.30. The fraction of sp³-hybridized carbons (Fsp3) is 0.241. The zero-order valence-electron chi connectivity index (χ0n) is 20.5. The number of carbonyl (C=O) groups is 4. The third kappa shape index (κ3) is 6.06. The maximum Gasteiger partial charge on any atom is 0.261 e. The first kappa shape index (κ1) is 26.1. The summed E-state index contributed by atoms with van der Waals surface area (Å²) in [7, 11) is 1.55. The smallest absolute Gasteiger partial charge is 0.261 e. The molecule has 37 heavy (non-hydrogen) atoms. The number of rotatable bonds is 10. The lowest BCUT2D eigenvalue weighted by atomic mass is 10.0. The minimum absolute atomic E-state index is 0.0727. The van der Waals surface area contributed by atoms with E-state index in [-0.39, 0.29) is 49.6 Å². The molecular weight excluding hydrogens is 490 g/mol. The number of amides is 4. The number of benzene rings is 3. The number of likely N-dealkylation sites (N-methyl/N-ethyl adjacent to an activating group) is 1. The number of carbonyl (C=O) groups excluding carboxylic acids is 4. The third-order valence-corrected chi connectivity index (χ3v) is 6.69. The summed E-state index contributed by atoms with van der Waals surface area (Å²) in [4.78, 5) is 54.6. The number of imide groups is 1. The van der Waals surface area contributed by atoms with Gasteiger partial charge in [-0.3, -0.25) is 24.1 Å². The normalized spacial score (nSPS) is 13.3. The molecule has 0 spiro atoms. The molecule has 3 aromatic carbocycles. The van der Waals surface area contributed by atoms with E-state index in [9.17, 15) is 19.2 Å². The van der Waals surface area contributed by atoms with Crippen LogP contribution < -0.4 is 5.32 Å². The van der Waals surface area contributed by atoms with Crippen molar-refractivity contribution in [1.82, 2.24) is 15.1 Å². The number of hydrogen-bond acceptors (Lipinski definition) is 4. The molecule has 1 heterocycles. The highest BCUT2D eigenvalue weighted by Gasteiger charge is 2.35. The molecular formula is C29H28ClN3O4. The van der Waals surface area contributed by atoms with Gasteiger partial charge in [-0.1, -0.05) is 66.2 Å². The van der Waals surface area contributed by atoms with E-state index >= 15 is 0 Å². The molecule has 0 saturated heterocycles. The number of fused-ring (bicyclic) bond motifs is 1. The third-order valence-electron chi connectivity index (χ3n) is 6.43. The SMILES string of the molecule is CNC(=O)C(Cc1ccccc1)N(Cc1ccc(Cl)cc1)C(=O)CCCN1C(=O)c2ccccc2C1=O. The van der Waals surface area contributed by atoms with Gasteiger partial charge in [-0.2, -0.15) is 0 Å². The molecule has 0 aliphatic carbocycles. The Morgan fingerprint density at radius 2 is 1.46 bits per heavy atom. The molecule has 0 saturated carbocycles. The quantitative estimate of drug-likeness (QED) is 0.410. The predicted molar refractivity (Wildman–Crippen MR) is 141 cm³/mol. The summed E-state index contributed by atoms with van der Waals surface area (Å²) in [6.07, 6.45) is 0.703. The lowest BCUT2D eigenvalue weighted by molar-refractivity contribution is -0.141. The van der Waals surface area contributed by atoms with Gasteiger partial charge >= 0.3 is 0 Å². The number of halogens is 1. The number of nitrogens with one attached hydrogen (secondary N) is 1. The molecule has 1 aliphatic heterocycles. The molecule has 4 amide bonds. The van der Waals surface area contributed by atoms with Crippen LogP contribution in [-0.4, -0.2) is 53.1 Å². The summed E-state index contributed by atoms with van der Waals surface area (Å²) in [5.41, 5.74) is 2.52. The molecule has 1 aliphatic rings. The van der Waals surface area contributed by atoms with Crippen molar-refractivity contribution in [3.05, 3.63) is 106 Å². The Morgan fingerprint density at radius 3 is 2.05 bits per heavy atom. The number of nitrogens with zero attached hydrogens (tertiary/aromatic N) is 2. The van der Waals surface area contributed by atoms with Gasteiger partial charge in [-0.25, -0.2) is 0 Å². The molecule has 4 rings (SSSR count). The van der Waals surface area contributed by atoms with E-state index in [0.29, 0.717) is 22.6 Å². The average Bonchev–Trinajstić information content (AvgIpc) is 3.16. The van der Waals surface area contributed by atoms with Crippen molar-refractivity contribution in [1.29, 1.82) is 0 Å². The van der Waals surface area contributed by atoms with Crippen molar-refractivity contribution in [2.75, 3.05) is 13.6 Å². The van der Waals surface area contributed by atoms with Crippen LogP contribution in [0.1, 0.15) is 44.7 Å². The molecule has 1 unspecified atom stereocenters. The first-order chi connectivity index (χ1) is 17.9. The van der Waals surface area contributed by atoms with Crippen LogP contribution in [0.3, 0.4) is 0 Å². The monoisotopic (exact) mass is 517 g/mol. The summed E-state index contributed by atoms with van der Waals surface area (Å²) in [5, 5.41) is 3.27. The van der Waals surface area contributed by atoms with Crippen LogP contribution >= 0.6 is 11.6 Å². The van der Waals surface area contributed by atoms with Gasteiger partial charge in [-0.05, 0) is 41.8 Å². The Balaban J connectivity index is 1.51. The topological polar surface area (TPSA) is 86.8 Å². The van der Waals surface area contributed by atoms with E-state index in [1.165, 1.54) is 4.90 Å². The second kappa shape index (κ2) is 11.8. The Hall–Kier alpha value is -3.97. The van der Waals surface area contributed by atoms with Crippen molar-refractivity contribution < 1.29 is 19.2 Å². The minimum atomic E-state index is -0.741. The van der Waals surface area contributed by atoms with E-state index in [4.69, 9.17) is 11.6 Å². The van der Waals surface area contributed by atoms with Gasteiger partial charge in [0.25, 0.3) is 11.8 Å². The molecule has 190 valence electrons. The van der Waals surface area contributed by atoms with Crippen LogP contribution in [0.2, 0.25) is 5.02 Å². The zero-order valence-corrected chi connectivity index (χ0v) is 21.3. The van der Waals surface area contributed by atoms with Crippen molar-refractivity contribution in [3.8, 4) is 0 Å². The van der Waals surface area contributed by atoms with Gasteiger partial charge in [0.05, 0.1) is 11.1 Å². The van der Waals surface area contributed by atoms with Gasteiger partial charge in [0, 0.05) is 38.0 Å². The Labute approximate surface area is 221 Å². The van der Waals surface area contributed by atoms with Crippen molar-refractivity contribution in [2.45, 2.75) is 31.8 Å². The fourth-order valence-electron chi connectivity index (χ4n) is 4.48. The largest absolute Gasteiger partial charge is 0.357 e. The van der Waals surface area contributed by atoms with E-state index in [2.05, 4.69) is 5.32 Å². The Bertz CT molecular complexity index is 1260. The predicted octanol–water partition coefficient (Wildman–Crippen LogP) is 4.10. The second-order valence-corrected chi connectivity index (χ2v) is 9.32. The van der Waals surface area contributed by atoms with Crippen LogP contribution in [0.5, 0.6) is 0 Å². The summed E-state index contributed by atoms with van der Waals surface area (Å²) in [6.45, 7) is 0.337. The standard InChI is InChI=1S/C29H28ClN3O4/c1-31-27(35)25(18-20-8-3-2-4-9-20)33(19-21-13-15-22(30)16-14-21)26(34)12-7-17-32-28(36)23-10-5-6-11-24(23)29(32)37/h2-6,8-11,13-16,25H,7,12,17-19H2,1H3,(H,31,35). The molecule has 0 bridgehead atoms. The van der Waals surface area contributed by atoms with Gasteiger partial charge in [0.15, 0.2) is 0 Å². The zero-order chi connectivity index (χ0) is 26.4. The van der Waals surface area contributed by atoms with Crippen molar-refractivity contribution in [3.63, 3.8) is 0 Å². The summed E-state index contributed by atoms with van der Waals surface area (Å²) in [5.74, 6) is -1.21. The molecule has 0 aromatic heterocycles. The van der Waals surface area contributed by atoms with Crippen LogP contribution in [0, 0.1) is 0 Å². The highest BCUT2D eigenvalue weighted by Crippen LogP contribution is 2.23. The lowest BCUT2D eigenvalue weighted by Gasteiger charge is -2.31. The molecule has 8 heteroatoms. The highest BCUT2D eigenvalue weighted by atomic mass is 35.5. The van der Waals surface area contributed by atoms with Crippen LogP contribution in [0.4, 0.5) is 0 Å². The van der Waals surface area contributed by atoms with Crippen LogP contribution in [0.15, 0.2) is 78.9 Å². The van der Waals surface area contributed by atoms with E-state index < -0.39 is 6.04 Å². The molecule has 1 N–H and O–H groups in total. The summed E-state index contributed by atoms with van der Waals surface area (Å²) < 4.78 is 0. The van der Waals surface area contributed by atoms with Gasteiger partial charge in [-0.15, -0.1) is 0 Å². The molecule has 0 radical (unpaired) electrons. The second-order valence-electron chi connectivity index (χ2n) is 8.88. The number of hydrogen-bond donors (Lipinski definition) is 1. The van der Waals surface area contributed by atoms with E-state index in [1.54, 1.807) is 48.3 Å². The van der Waals surface area contributed by atoms with Gasteiger partial charge < -0.3 is 10.2 Å². The summed E-state index contributed by atoms with van der Waals surface area (Å²) in [6, 6.07) is 22.6. The van der Waals surface area contributed by atoms with Crippen molar-refractivity contribution >= 4 is 35.2 Å². The Kier molecular flexibility index (Phi) is 8.36. The lowest BCUT2D eigenvalue weighted by Crippen LogP contribution is -2.49. The first-order valence-electron chi connectivity index (χ1n) is 12.1. The van der Waals surface area contributed by atoms with E-state index in [1.807, 2.05) is 42.5 Å². The maximum absolute atomic E-state index is 13.6. The van der Waals surface area contributed by atoms with Gasteiger partial charge in [0.2, 0.25) is 11.8 Å². The minimum Gasteiger partial charge on any atom is -0.357 e. The van der Waals surface area contributed by atoms with Gasteiger partial charge in [0.1, 0.15) is 6.04 Å². The molecule has 1 atom stereocenters. The average molecular weight is 518 g/mol. The molecule has 3 aromatic rings. The van der Waals surface area contributed by atoms with E-state index in [0.717, 1.165) is 11.1 Å². The van der Waals surface area contributed by atoms with Crippen molar-refractivity contribution in [2.24, 2.45) is 0 Å². The maximum atomic E-state index is 13.6.